The van der Waals surface area contributed by atoms with Crippen LogP contribution in [0, 0.1) is 5.92 Å². The van der Waals surface area contributed by atoms with E-state index in [1.165, 1.54) is 50.4 Å². The number of hydrogen-bond donors (Lipinski definition) is 1. The summed E-state index contributed by atoms with van der Waals surface area (Å²) in [7, 11) is 2.25. The SMILES string of the molecule is CN(CCC1CSCCN1)CC1CCCOC1. The van der Waals surface area contributed by atoms with Gasteiger partial charge in [0.15, 0.2) is 0 Å². The molecule has 0 aliphatic carbocycles. The molecule has 2 saturated heterocycles. The van der Waals surface area contributed by atoms with Crippen molar-refractivity contribution < 1.29 is 4.74 Å². The number of nitrogens with zero attached hydrogens (tertiary/aromatic N) is 1. The Morgan fingerprint density at radius 2 is 2.41 bits per heavy atom. The second-order valence-corrected chi connectivity index (χ2v) is 6.51. The van der Waals surface area contributed by atoms with E-state index in [0.29, 0.717) is 0 Å². The Balaban J connectivity index is 1.57. The largest absolute Gasteiger partial charge is 0.381 e. The van der Waals surface area contributed by atoms with Crippen molar-refractivity contribution in [1.82, 2.24) is 10.2 Å². The topological polar surface area (TPSA) is 24.5 Å². The first-order valence-corrected chi connectivity index (χ1v) is 8.07. The van der Waals surface area contributed by atoms with Gasteiger partial charge in [0.2, 0.25) is 0 Å². The van der Waals surface area contributed by atoms with Crippen molar-refractivity contribution in [3.8, 4) is 0 Å². The molecule has 2 rings (SSSR count). The van der Waals surface area contributed by atoms with Crippen molar-refractivity contribution in [2.75, 3.05) is 51.4 Å². The number of thioether (sulfide) groups is 1. The zero-order valence-corrected chi connectivity index (χ0v) is 11.8. The maximum absolute atomic E-state index is 5.54. The number of hydrogen-bond acceptors (Lipinski definition) is 4. The van der Waals surface area contributed by atoms with Crippen molar-refractivity contribution in [2.45, 2.75) is 25.3 Å². The lowest BCUT2D eigenvalue weighted by atomic mass is 10.0. The third-order valence-corrected chi connectivity index (χ3v) is 4.81. The Kier molecular flexibility index (Phi) is 6.12. The van der Waals surface area contributed by atoms with Gasteiger partial charge >= 0.3 is 0 Å². The van der Waals surface area contributed by atoms with Gasteiger partial charge in [0, 0.05) is 37.2 Å². The zero-order valence-electron chi connectivity index (χ0n) is 11.0. The molecule has 2 heterocycles. The van der Waals surface area contributed by atoms with E-state index in [2.05, 4.69) is 29.0 Å². The van der Waals surface area contributed by atoms with Gasteiger partial charge in [-0.05, 0) is 38.8 Å². The lowest BCUT2D eigenvalue weighted by Crippen LogP contribution is -2.40. The Morgan fingerprint density at radius 1 is 1.47 bits per heavy atom. The van der Waals surface area contributed by atoms with Crippen LogP contribution in [0.15, 0.2) is 0 Å². The van der Waals surface area contributed by atoms with Crippen LogP contribution in [-0.4, -0.2) is 62.3 Å². The van der Waals surface area contributed by atoms with Crippen LogP contribution in [0.3, 0.4) is 0 Å². The smallest absolute Gasteiger partial charge is 0.0506 e. The molecule has 2 aliphatic rings. The van der Waals surface area contributed by atoms with Crippen LogP contribution in [0.5, 0.6) is 0 Å². The third-order valence-electron chi connectivity index (χ3n) is 3.68. The second-order valence-electron chi connectivity index (χ2n) is 5.36. The molecular weight excluding hydrogens is 232 g/mol. The average Bonchev–Trinajstić information content (AvgIpc) is 2.39. The van der Waals surface area contributed by atoms with Gasteiger partial charge in [-0.25, -0.2) is 0 Å². The molecule has 0 aromatic heterocycles. The summed E-state index contributed by atoms with van der Waals surface area (Å²) in [4.78, 5) is 2.49. The summed E-state index contributed by atoms with van der Waals surface area (Å²) in [5.41, 5.74) is 0. The molecule has 2 unspecified atom stereocenters. The maximum Gasteiger partial charge on any atom is 0.0506 e. The third kappa shape index (κ3) is 5.16. The summed E-state index contributed by atoms with van der Waals surface area (Å²) < 4.78 is 5.54. The predicted molar refractivity (Wildman–Crippen MR) is 74.8 cm³/mol. The zero-order chi connectivity index (χ0) is 11.9. The highest BCUT2D eigenvalue weighted by molar-refractivity contribution is 7.99. The molecule has 0 aromatic rings. The molecule has 0 bridgehead atoms. The van der Waals surface area contributed by atoms with Gasteiger partial charge in [-0.2, -0.15) is 11.8 Å². The molecule has 0 amide bonds. The van der Waals surface area contributed by atoms with Crippen molar-refractivity contribution >= 4 is 11.8 Å². The summed E-state index contributed by atoms with van der Waals surface area (Å²) in [5, 5.41) is 3.61. The van der Waals surface area contributed by atoms with E-state index < -0.39 is 0 Å². The minimum Gasteiger partial charge on any atom is -0.381 e. The number of nitrogens with one attached hydrogen (secondary N) is 1. The molecule has 2 fully saturated rings. The Bertz CT molecular complexity index is 204. The Hall–Kier alpha value is 0.230. The van der Waals surface area contributed by atoms with Crippen LogP contribution in [0.2, 0.25) is 0 Å². The highest BCUT2D eigenvalue weighted by atomic mass is 32.2. The lowest BCUT2D eigenvalue weighted by Gasteiger charge is -2.29. The Morgan fingerprint density at radius 3 is 3.12 bits per heavy atom. The van der Waals surface area contributed by atoms with Crippen molar-refractivity contribution in [1.29, 1.82) is 0 Å². The van der Waals surface area contributed by atoms with Crippen LogP contribution in [0.4, 0.5) is 0 Å². The fourth-order valence-electron chi connectivity index (χ4n) is 2.66. The molecule has 0 saturated carbocycles. The van der Waals surface area contributed by atoms with Crippen molar-refractivity contribution in [2.24, 2.45) is 5.92 Å². The van der Waals surface area contributed by atoms with E-state index in [9.17, 15) is 0 Å². The monoisotopic (exact) mass is 258 g/mol. The van der Waals surface area contributed by atoms with Gasteiger partial charge in [0.05, 0.1) is 6.61 Å². The van der Waals surface area contributed by atoms with Gasteiger partial charge < -0.3 is 15.0 Å². The number of ether oxygens (including phenoxy) is 1. The highest BCUT2D eigenvalue weighted by Crippen LogP contribution is 2.15. The molecule has 0 spiro atoms. The van der Waals surface area contributed by atoms with E-state index in [4.69, 9.17) is 4.74 Å². The number of rotatable bonds is 5. The van der Waals surface area contributed by atoms with Crippen LogP contribution >= 0.6 is 11.8 Å². The van der Waals surface area contributed by atoms with Gasteiger partial charge in [-0.3, -0.25) is 0 Å². The summed E-state index contributed by atoms with van der Waals surface area (Å²) in [6.07, 6.45) is 3.89. The lowest BCUT2D eigenvalue weighted by molar-refractivity contribution is 0.0417. The summed E-state index contributed by atoms with van der Waals surface area (Å²) in [6, 6.07) is 0.735. The van der Waals surface area contributed by atoms with Gasteiger partial charge in [-0.1, -0.05) is 0 Å². The minimum absolute atomic E-state index is 0.735. The molecule has 0 aromatic carbocycles. The fourth-order valence-corrected chi connectivity index (χ4v) is 3.66. The van der Waals surface area contributed by atoms with Crippen LogP contribution in [0.1, 0.15) is 19.3 Å². The van der Waals surface area contributed by atoms with E-state index in [1.807, 2.05) is 0 Å². The first-order valence-electron chi connectivity index (χ1n) is 6.92. The molecule has 1 N–H and O–H groups in total. The van der Waals surface area contributed by atoms with Gasteiger partial charge in [0.1, 0.15) is 0 Å². The first kappa shape index (κ1) is 13.7. The highest BCUT2D eigenvalue weighted by Gasteiger charge is 2.17. The summed E-state index contributed by atoms with van der Waals surface area (Å²) >= 11 is 2.09. The molecule has 17 heavy (non-hydrogen) atoms. The maximum atomic E-state index is 5.54. The van der Waals surface area contributed by atoms with Crippen LogP contribution in [0.25, 0.3) is 0 Å². The van der Waals surface area contributed by atoms with Gasteiger partial charge in [-0.15, -0.1) is 0 Å². The summed E-state index contributed by atoms with van der Waals surface area (Å²) in [6.45, 7) is 5.56. The Labute approximate surface area is 110 Å². The van der Waals surface area contributed by atoms with E-state index in [1.54, 1.807) is 0 Å². The molecular formula is C13H26N2OS. The van der Waals surface area contributed by atoms with E-state index in [-0.39, 0.29) is 0 Å². The second kappa shape index (κ2) is 7.62. The van der Waals surface area contributed by atoms with Crippen molar-refractivity contribution in [3.63, 3.8) is 0 Å². The van der Waals surface area contributed by atoms with Crippen LogP contribution < -0.4 is 5.32 Å². The predicted octanol–water partition coefficient (Wildman–Crippen LogP) is 1.44. The van der Waals surface area contributed by atoms with E-state index in [0.717, 1.165) is 25.2 Å². The average molecular weight is 258 g/mol. The quantitative estimate of drug-likeness (QED) is 0.806. The normalized spacial score (nSPS) is 30.7. The fraction of sp³-hybridized carbons (Fsp3) is 1.00. The molecule has 2 aliphatic heterocycles. The molecule has 2 atom stereocenters. The molecule has 3 nitrogen and oxygen atoms in total. The van der Waals surface area contributed by atoms with Crippen LogP contribution in [-0.2, 0) is 4.74 Å². The summed E-state index contributed by atoms with van der Waals surface area (Å²) in [5.74, 6) is 3.34. The molecule has 0 radical (unpaired) electrons. The van der Waals surface area contributed by atoms with Crippen molar-refractivity contribution in [3.05, 3.63) is 0 Å². The molecule has 4 heteroatoms. The minimum atomic E-state index is 0.735. The molecule has 100 valence electrons. The standard InChI is InChI=1S/C13H26N2OS/c1-15(9-12-3-2-7-16-10-12)6-4-13-11-17-8-5-14-13/h12-14H,2-11H2,1H3. The van der Waals surface area contributed by atoms with Gasteiger partial charge in [0.25, 0.3) is 0 Å². The van der Waals surface area contributed by atoms with E-state index >= 15 is 0 Å². The first-order chi connectivity index (χ1) is 8.34.